The van der Waals surface area contributed by atoms with Crippen LogP contribution in [0.3, 0.4) is 0 Å². The molecular formula is C14H21N3OS. The second kappa shape index (κ2) is 7.21. The number of hydrogen-bond acceptors (Lipinski definition) is 3. The first-order chi connectivity index (χ1) is 8.88. The van der Waals surface area contributed by atoms with Crippen molar-refractivity contribution in [1.29, 1.82) is 0 Å². The number of amides is 1. The molecule has 0 aliphatic rings. The van der Waals surface area contributed by atoms with Gasteiger partial charge in [-0.15, -0.1) is 0 Å². The first-order valence-corrected chi connectivity index (χ1v) is 6.62. The van der Waals surface area contributed by atoms with Crippen LogP contribution in [0.1, 0.15) is 18.1 Å². The third-order valence-corrected chi connectivity index (χ3v) is 2.89. The van der Waals surface area contributed by atoms with E-state index in [0.717, 1.165) is 17.7 Å². The number of benzene rings is 1. The molecule has 0 radical (unpaired) electrons. The Morgan fingerprint density at radius 2 is 1.95 bits per heavy atom. The summed E-state index contributed by atoms with van der Waals surface area (Å²) in [5, 5.41) is 2.97. The predicted octanol–water partition coefficient (Wildman–Crippen LogP) is 0.930. The largest absolute Gasteiger partial charge is 0.389 e. The minimum Gasteiger partial charge on any atom is -0.389 e. The first-order valence-electron chi connectivity index (χ1n) is 6.21. The lowest BCUT2D eigenvalue weighted by atomic mass is 10.1. The van der Waals surface area contributed by atoms with Gasteiger partial charge in [-0.2, -0.15) is 0 Å². The molecule has 0 spiro atoms. The fourth-order valence-electron chi connectivity index (χ4n) is 1.89. The van der Waals surface area contributed by atoms with E-state index in [9.17, 15) is 4.79 Å². The quantitative estimate of drug-likeness (QED) is 0.761. The summed E-state index contributed by atoms with van der Waals surface area (Å²) in [5.74, 6) is 0.0254. The minimum atomic E-state index is 0.0254. The Morgan fingerprint density at radius 3 is 2.42 bits per heavy atom. The van der Waals surface area contributed by atoms with Gasteiger partial charge in [0.05, 0.1) is 6.42 Å². The molecule has 1 atom stereocenters. The second-order valence-electron chi connectivity index (χ2n) is 4.97. The van der Waals surface area contributed by atoms with Crippen molar-refractivity contribution in [2.45, 2.75) is 19.4 Å². The highest BCUT2D eigenvalue weighted by Gasteiger charge is 2.09. The van der Waals surface area contributed by atoms with Gasteiger partial charge >= 0.3 is 0 Å². The standard InChI is InChI=1S/C14H21N3OS/c1-10(9-17(2)3)16-13(18)8-11-4-6-12(7-5-11)14(15)19/h4-7,10H,8-9H2,1-3H3,(H2,15,19)(H,16,18). The Morgan fingerprint density at radius 1 is 1.37 bits per heavy atom. The maximum atomic E-state index is 11.8. The van der Waals surface area contributed by atoms with E-state index >= 15 is 0 Å². The molecule has 0 saturated carbocycles. The number of rotatable bonds is 6. The molecule has 3 N–H and O–H groups in total. The summed E-state index contributed by atoms with van der Waals surface area (Å²) in [6, 6.07) is 7.58. The summed E-state index contributed by atoms with van der Waals surface area (Å²) < 4.78 is 0. The topological polar surface area (TPSA) is 58.4 Å². The number of thiocarbonyl (C=S) groups is 1. The van der Waals surface area contributed by atoms with E-state index in [-0.39, 0.29) is 11.9 Å². The number of nitrogens with two attached hydrogens (primary N) is 1. The van der Waals surface area contributed by atoms with Crippen LogP contribution in [0.4, 0.5) is 0 Å². The van der Waals surface area contributed by atoms with E-state index in [0.29, 0.717) is 11.4 Å². The zero-order chi connectivity index (χ0) is 14.4. The summed E-state index contributed by atoms with van der Waals surface area (Å²) in [4.78, 5) is 14.3. The van der Waals surface area contributed by atoms with Crippen LogP contribution in [-0.4, -0.2) is 42.5 Å². The zero-order valence-electron chi connectivity index (χ0n) is 11.6. The highest BCUT2D eigenvalue weighted by Crippen LogP contribution is 2.05. The summed E-state index contributed by atoms with van der Waals surface area (Å²) in [6.45, 7) is 2.82. The second-order valence-corrected chi connectivity index (χ2v) is 5.41. The van der Waals surface area contributed by atoms with Gasteiger partial charge in [0.25, 0.3) is 0 Å². The lowest BCUT2D eigenvalue weighted by Crippen LogP contribution is -2.40. The van der Waals surface area contributed by atoms with Crippen LogP contribution in [0.15, 0.2) is 24.3 Å². The number of likely N-dealkylation sites (N-methyl/N-ethyl adjacent to an activating group) is 1. The molecular weight excluding hydrogens is 258 g/mol. The number of carbonyl (C=O) groups excluding carboxylic acids is 1. The molecule has 4 nitrogen and oxygen atoms in total. The van der Waals surface area contributed by atoms with E-state index < -0.39 is 0 Å². The Balaban J connectivity index is 2.50. The van der Waals surface area contributed by atoms with Crippen LogP contribution in [0.25, 0.3) is 0 Å². The number of hydrogen-bond donors (Lipinski definition) is 2. The molecule has 1 rings (SSSR count). The Hall–Kier alpha value is -1.46. The molecule has 0 fully saturated rings. The molecule has 1 unspecified atom stereocenters. The Bertz CT molecular complexity index is 443. The van der Waals surface area contributed by atoms with E-state index in [4.69, 9.17) is 18.0 Å². The molecule has 0 aliphatic carbocycles. The Labute approximate surface area is 120 Å². The molecule has 19 heavy (non-hydrogen) atoms. The molecule has 1 amide bonds. The fourth-order valence-corrected chi connectivity index (χ4v) is 2.03. The van der Waals surface area contributed by atoms with Crippen molar-refractivity contribution in [1.82, 2.24) is 10.2 Å². The number of nitrogens with zero attached hydrogens (tertiary/aromatic N) is 1. The average Bonchev–Trinajstić information content (AvgIpc) is 2.27. The van der Waals surface area contributed by atoms with Gasteiger partial charge in [-0.3, -0.25) is 4.79 Å². The van der Waals surface area contributed by atoms with E-state index in [1.807, 2.05) is 50.2 Å². The first kappa shape index (κ1) is 15.6. The molecule has 1 aromatic carbocycles. The van der Waals surface area contributed by atoms with Crippen molar-refractivity contribution in [3.8, 4) is 0 Å². The third kappa shape index (κ3) is 5.81. The van der Waals surface area contributed by atoms with Gasteiger partial charge in [-0.05, 0) is 26.6 Å². The van der Waals surface area contributed by atoms with Crippen LogP contribution in [-0.2, 0) is 11.2 Å². The highest BCUT2D eigenvalue weighted by atomic mass is 32.1. The molecule has 1 aromatic rings. The summed E-state index contributed by atoms with van der Waals surface area (Å²) >= 11 is 4.88. The zero-order valence-corrected chi connectivity index (χ0v) is 12.5. The van der Waals surface area contributed by atoms with E-state index in [2.05, 4.69) is 5.32 Å². The van der Waals surface area contributed by atoms with Crippen LogP contribution in [0, 0.1) is 0 Å². The molecule has 0 heterocycles. The van der Waals surface area contributed by atoms with Crippen molar-refractivity contribution in [2.75, 3.05) is 20.6 Å². The van der Waals surface area contributed by atoms with Crippen molar-refractivity contribution >= 4 is 23.1 Å². The molecule has 104 valence electrons. The SMILES string of the molecule is CC(CN(C)C)NC(=O)Cc1ccc(C(N)=S)cc1. The van der Waals surface area contributed by atoms with Crippen LogP contribution in [0.2, 0.25) is 0 Å². The van der Waals surface area contributed by atoms with Gasteiger partial charge in [0.1, 0.15) is 4.99 Å². The summed E-state index contributed by atoms with van der Waals surface area (Å²) in [6.07, 6.45) is 0.370. The van der Waals surface area contributed by atoms with Gasteiger partial charge in [0.15, 0.2) is 0 Å². The van der Waals surface area contributed by atoms with Crippen LogP contribution in [0.5, 0.6) is 0 Å². The third-order valence-electron chi connectivity index (χ3n) is 2.65. The molecule has 5 heteroatoms. The predicted molar refractivity (Wildman–Crippen MR) is 82.2 cm³/mol. The van der Waals surface area contributed by atoms with Gasteiger partial charge in [-0.1, -0.05) is 36.5 Å². The maximum Gasteiger partial charge on any atom is 0.224 e. The summed E-state index contributed by atoms with van der Waals surface area (Å²) in [5.41, 5.74) is 7.30. The van der Waals surface area contributed by atoms with Gasteiger partial charge < -0.3 is 16.0 Å². The van der Waals surface area contributed by atoms with Gasteiger partial charge in [-0.25, -0.2) is 0 Å². The van der Waals surface area contributed by atoms with E-state index in [1.54, 1.807) is 0 Å². The molecule has 0 aromatic heterocycles. The molecule has 0 aliphatic heterocycles. The lowest BCUT2D eigenvalue weighted by Gasteiger charge is -2.18. The van der Waals surface area contributed by atoms with Crippen molar-refractivity contribution in [2.24, 2.45) is 5.73 Å². The number of carbonyl (C=O) groups is 1. The van der Waals surface area contributed by atoms with Crippen molar-refractivity contribution in [3.63, 3.8) is 0 Å². The maximum absolute atomic E-state index is 11.8. The van der Waals surface area contributed by atoms with Gasteiger partial charge in [0.2, 0.25) is 5.91 Å². The Kier molecular flexibility index (Phi) is 5.92. The average molecular weight is 279 g/mol. The molecule has 0 saturated heterocycles. The number of nitrogens with one attached hydrogen (secondary N) is 1. The smallest absolute Gasteiger partial charge is 0.224 e. The monoisotopic (exact) mass is 279 g/mol. The minimum absolute atomic E-state index is 0.0254. The lowest BCUT2D eigenvalue weighted by molar-refractivity contribution is -0.121. The fraction of sp³-hybridized carbons (Fsp3) is 0.429. The van der Waals surface area contributed by atoms with Gasteiger partial charge in [0, 0.05) is 18.2 Å². The highest BCUT2D eigenvalue weighted by molar-refractivity contribution is 7.80. The molecule has 0 bridgehead atoms. The van der Waals surface area contributed by atoms with Crippen LogP contribution < -0.4 is 11.1 Å². The summed E-state index contributed by atoms with van der Waals surface area (Å²) in [7, 11) is 3.97. The normalized spacial score (nSPS) is 12.2. The van der Waals surface area contributed by atoms with Crippen molar-refractivity contribution in [3.05, 3.63) is 35.4 Å². The van der Waals surface area contributed by atoms with Crippen molar-refractivity contribution < 1.29 is 4.79 Å². The van der Waals surface area contributed by atoms with E-state index in [1.165, 1.54) is 0 Å². The van der Waals surface area contributed by atoms with Crippen LogP contribution >= 0.6 is 12.2 Å².